The zero-order valence-electron chi connectivity index (χ0n) is 10.3. The predicted octanol–water partition coefficient (Wildman–Crippen LogP) is 0.633. The van der Waals surface area contributed by atoms with Crippen molar-refractivity contribution in [3.8, 4) is 0 Å². The van der Waals surface area contributed by atoms with E-state index in [1.165, 1.54) is 6.07 Å². The highest BCUT2D eigenvalue weighted by atomic mass is 19.1. The minimum Gasteiger partial charge on any atom is -0.396 e. The van der Waals surface area contributed by atoms with E-state index < -0.39 is 5.54 Å². The molecule has 0 aromatic heterocycles. The number of rotatable bonds is 4. The van der Waals surface area contributed by atoms with Crippen LogP contribution in [0.4, 0.5) is 4.39 Å². The Labute approximate surface area is 106 Å². The van der Waals surface area contributed by atoms with Gasteiger partial charge in [-0.2, -0.15) is 0 Å². The van der Waals surface area contributed by atoms with Gasteiger partial charge in [-0.3, -0.25) is 0 Å². The van der Waals surface area contributed by atoms with Gasteiger partial charge >= 0.3 is 0 Å². The van der Waals surface area contributed by atoms with E-state index in [9.17, 15) is 9.50 Å². The lowest BCUT2D eigenvalue weighted by Gasteiger charge is -2.31. The van der Waals surface area contributed by atoms with Crippen LogP contribution in [0.1, 0.15) is 5.56 Å². The standard InChI is InChI=1S/C13H18FNO3/c1-17-7-12-10(6-16)13(15,8-18-12)9-4-2-3-5-11(9)14/h2-5,10,12,16H,6-8,15H2,1H3. The highest BCUT2D eigenvalue weighted by Crippen LogP contribution is 2.38. The molecule has 2 rings (SSSR count). The second-order valence-electron chi connectivity index (χ2n) is 4.61. The fourth-order valence-corrected chi connectivity index (χ4v) is 2.53. The third-order valence-electron chi connectivity index (χ3n) is 3.55. The van der Waals surface area contributed by atoms with E-state index >= 15 is 0 Å². The maximum absolute atomic E-state index is 13.9. The summed E-state index contributed by atoms with van der Waals surface area (Å²) in [6.07, 6.45) is -0.315. The van der Waals surface area contributed by atoms with Crippen LogP contribution >= 0.6 is 0 Å². The molecule has 1 heterocycles. The van der Waals surface area contributed by atoms with Crippen LogP contribution in [0.15, 0.2) is 24.3 Å². The lowest BCUT2D eigenvalue weighted by molar-refractivity contribution is 0.00958. The first kappa shape index (κ1) is 13.4. The van der Waals surface area contributed by atoms with E-state index in [1.54, 1.807) is 25.3 Å². The molecule has 18 heavy (non-hydrogen) atoms. The van der Waals surface area contributed by atoms with Crippen LogP contribution in [-0.4, -0.2) is 38.1 Å². The van der Waals surface area contributed by atoms with Gasteiger partial charge in [-0.1, -0.05) is 18.2 Å². The van der Waals surface area contributed by atoms with Gasteiger partial charge in [-0.25, -0.2) is 4.39 Å². The van der Waals surface area contributed by atoms with Gasteiger partial charge in [0.25, 0.3) is 0 Å². The summed E-state index contributed by atoms with van der Waals surface area (Å²) in [7, 11) is 1.55. The quantitative estimate of drug-likeness (QED) is 0.828. The van der Waals surface area contributed by atoms with E-state index in [1.807, 2.05) is 0 Å². The van der Waals surface area contributed by atoms with Crippen LogP contribution in [0.3, 0.4) is 0 Å². The van der Waals surface area contributed by atoms with Crippen molar-refractivity contribution in [2.24, 2.45) is 11.7 Å². The van der Waals surface area contributed by atoms with Crippen molar-refractivity contribution in [3.63, 3.8) is 0 Å². The molecule has 1 aromatic rings. The Kier molecular flexibility index (Phi) is 3.97. The van der Waals surface area contributed by atoms with E-state index in [0.717, 1.165) is 0 Å². The third-order valence-corrected chi connectivity index (χ3v) is 3.55. The first-order valence-electron chi connectivity index (χ1n) is 5.88. The van der Waals surface area contributed by atoms with Gasteiger partial charge < -0.3 is 20.3 Å². The molecule has 4 nitrogen and oxygen atoms in total. The number of aliphatic hydroxyl groups is 1. The smallest absolute Gasteiger partial charge is 0.128 e. The van der Waals surface area contributed by atoms with Crippen LogP contribution in [0.25, 0.3) is 0 Å². The van der Waals surface area contributed by atoms with Gasteiger partial charge in [-0.15, -0.1) is 0 Å². The molecule has 3 atom stereocenters. The van der Waals surface area contributed by atoms with E-state index in [-0.39, 0.29) is 31.1 Å². The molecule has 3 unspecified atom stereocenters. The van der Waals surface area contributed by atoms with Gasteiger partial charge in [0.1, 0.15) is 5.82 Å². The van der Waals surface area contributed by atoms with Crippen LogP contribution in [0.2, 0.25) is 0 Å². The minimum atomic E-state index is -1.01. The molecule has 3 N–H and O–H groups in total. The molecule has 1 saturated heterocycles. The van der Waals surface area contributed by atoms with E-state index in [4.69, 9.17) is 15.2 Å². The molecule has 1 aromatic carbocycles. The molecule has 0 saturated carbocycles. The van der Waals surface area contributed by atoms with Crippen LogP contribution in [0.5, 0.6) is 0 Å². The second kappa shape index (κ2) is 5.32. The highest BCUT2D eigenvalue weighted by molar-refractivity contribution is 5.29. The summed E-state index contributed by atoms with van der Waals surface area (Å²) in [6, 6.07) is 6.34. The van der Waals surface area contributed by atoms with Gasteiger partial charge in [-0.05, 0) is 6.07 Å². The molecule has 5 heteroatoms. The lowest BCUT2D eigenvalue weighted by Crippen LogP contribution is -2.48. The Bertz CT molecular complexity index is 415. The zero-order valence-corrected chi connectivity index (χ0v) is 10.3. The fraction of sp³-hybridized carbons (Fsp3) is 0.538. The second-order valence-corrected chi connectivity index (χ2v) is 4.61. The third kappa shape index (κ3) is 2.14. The SMILES string of the molecule is COCC1OCC(N)(c2ccccc2F)C1CO. The summed E-state index contributed by atoms with van der Waals surface area (Å²) in [4.78, 5) is 0. The van der Waals surface area contributed by atoms with Crippen LogP contribution < -0.4 is 5.73 Å². The number of halogens is 1. The summed E-state index contributed by atoms with van der Waals surface area (Å²) in [5.74, 6) is -0.755. The summed E-state index contributed by atoms with van der Waals surface area (Å²) in [6.45, 7) is 0.338. The van der Waals surface area contributed by atoms with Crippen molar-refractivity contribution in [2.75, 3.05) is 26.9 Å². The monoisotopic (exact) mass is 255 g/mol. The topological polar surface area (TPSA) is 64.7 Å². The van der Waals surface area contributed by atoms with Gasteiger partial charge in [0.15, 0.2) is 0 Å². The Morgan fingerprint density at radius 2 is 2.28 bits per heavy atom. The molecular weight excluding hydrogens is 237 g/mol. The number of aliphatic hydroxyl groups excluding tert-OH is 1. The predicted molar refractivity (Wildman–Crippen MR) is 64.5 cm³/mol. The highest BCUT2D eigenvalue weighted by Gasteiger charge is 2.48. The van der Waals surface area contributed by atoms with Gasteiger partial charge in [0.05, 0.1) is 31.5 Å². The number of ether oxygens (including phenoxy) is 2. The van der Waals surface area contributed by atoms with Crippen molar-refractivity contribution >= 4 is 0 Å². The molecule has 0 radical (unpaired) electrons. The average molecular weight is 255 g/mol. The van der Waals surface area contributed by atoms with Gasteiger partial charge in [0.2, 0.25) is 0 Å². The van der Waals surface area contributed by atoms with Crippen LogP contribution in [0, 0.1) is 11.7 Å². The first-order chi connectivity index (χ1) is 8.63. The van der Waals surface area contributed by atoms with Crippen molar-refractivity contribution in [1.82, 2.24) is 0 Å². The summed E-state index contributed by atoms with van der Waals surface area (Å²) in [5.41, 5.74) is 5.64. The number of nitrogens with two attached hydrogens (primary N) is 1. The van der Waals surface area contributed by atoms with E-state index in [0.29, 0.717) is 12.2 Å². The maximum Gasteiger partial charge on any atom is 0.128 e. The Morgan fingerprint density at radius 3 is 2.89 bits per heavy atom. The van der Waals surface area contributed by atoms with Gasteiger partial charge in [0, 0.05) is 18.6 Å². The summed E-state index contributed by atoms with van der Waals surface area (Å²) >= 11 is 0. The molecule has 1 aliphatic rings. The van der Waals surface area contributed by atoms with Crippen molar-refractivity contribution < 1.29 is 19.0 Å². The fourth-order valence-electron chi connectivity index (χ4n) is 2.53. The molecule has 0 bridgehead atoms. The molecule has 0 spiro atoms. The summed E-state index contributed by atoms with van der Waals surface area (Å²) in [5, 5.41) is 9.51. The van der Waals surface area contributed by atoms with E-state index in [2.05, 4.69) is 0 Å². The minimum absolute atomic E-state index is 0.168. The number of benzene rings is 1. The molecule has 0 aliphatic carbocycles. The van der Waals surface area contributed by atoms with Crippen molar-refractivity contribution in [2.45, 2.75) is 11.6 Å². The van der Waals surface area contributed by atoms with Crippen molar-refractivity contribution in [3.05, 3.63) is 35.6 Å². The molecular formula is C13H18FNO3. The van der Waals surface area contributed by atoms with Crippen LogP contribution in [-0.2, 0) is 15.0 Å². The molecule has 0 amide bonds. The largest absolute Gasteiger partial charge is 0.396 e. The number of methoxy groups -OCH3 is 1. The molecule has 100 valence electrons. The normalized spacial score (nSPS) is 31.8. The Morgan fingerprint density at radius 1 is 1.56 bits per heavy atom. The zero-order chi connectivity index (χ0) is 13.2. The summed E-state index contributed by atoms with van der Waals surface area (Å²) < 4.78 is 24.4. The van der Waals surface area contributed by atoms with Crippen molar-refractivity contribution in [1.29, 1.82) is 0 Å². The Hall–Kier alpha value is -1.01. The molecule has 1 aliphatic heterocycles. The first-order valence-corrected chi connectivity index (χ1v) is 5.88. The Balaban J connectivity index is 2.33. The average Bonchev–Trinajstić information content (AvgIpc) is 2.68. The number of hydrogen-bond acceptors (Lipinski definition) is 4. The molecule has 1 fully saturated rings. The lowest BCUT2D eigenvalue weighted by atomic mass is 9.79. The maximum atomic E-state index is 13.9. The number of hydrogen-bond donors (Lipinski definition) is 2.